The second-order valence-corrected chi connectivity index (χ2v) is 5.99. The number of nitrogens with zero attached hydrogens (tertiary/aromatic N) is 2. The topological polar surface area (TPSA) is 23.6 Å². The normalized spacial score (nSPS) is 26.4. The smallest absolute Gasteiger partial charge is 0.226 e. The molecule has 1 heterocycles. The summed E-state index contributed by atoms with van der Waals surface area (Å²) in [6, 6.07) is 7.91. The molecule has 19 heavy (non-hydrogen) atoms. The molecule has 4 heteroatoms. The molecule has 2 aliphatic rings. The predicted octanol–water partition coefficient (Wildman–Crippen LogP) is 2.64. The van der Waals surface area contributed by atoms with Crippen LogP contribution in [0.1, 0.15) is 13.3 Å². The SMILES string of the molecule is C[C@H]1C[C@@H]1C(=O)N1CCN(c2ccccc2Cl)CC1. The van der Waals surface area contributed by atoms with Gasteiger partial charge in [0.05, 0.1) is 10.7 Å². The van der Waals surface area contributed by atoms with Crippen molar-refractivity contribution in [2.75, 3.05) is 31.1 Å². The van der Waals surface area contributed by atoms with E-state index >= 15 is 0 Å². The molecule has 1 aliphatic heterocycles. The van der Waals surface area contributed by atoms with Crippen molar-refractivity contribution in [1.82, 2.24) is 4.90 Å². The Hall–Kier alpha value is -1.22. The second-order valence-electron chi connectivity index (χ2n) is 5.58. The number of hydrogen-bond donors (Lipinski definition) is 0. The Kier molecular flexibility index (Phi) is 3.40. The quantitative estimate of drug-likeness (QED) is 0.830. The van der Waals surface area contributed by atoms with Gasteiger partial charge in [0, 0.05) is 32.1 Å². The number of benzene rings is 1. The molecule has 1 saturated heterocycles. The molecule has 0 radical (unpaired) electrons. The summed E-state index contributed by atoms with van der Waals surface area (Å²) in [5, 5.41) is 0.790. The first-order chi connectivity index (χ1) is 9.16. The monoisotopic (exact) mass is 278 g/mol. The molecule has 1 aromatic rings. The molecule has 2 fully saturated rings. The van der Waals surface area contributed by atoms with Crippen LogP contribution in [0.25, 0.3) is 0 Å². The van der Waals surface area contributed by atoms with Crippen molar-refractivity contribution < 1.29 is 4.79 Å². The van der Waals surface area contributed by atoms with E-state index in [1.807, 2.05) is 29.2 Å². The van der Waals surface area contributed by atoms with E-state index in [1.165, 1.54) is 0 Å². The number of anilines is 1. The number of rotatable bonds is 2. The Morgan fingerprint density at radius 1 is 1.21 bits per heavy atom. The molecule has 0 bridgehead atoms. The number of hydrogen-bond acceptors (Lipinski definition) is 2. The van der Waals surface area contributed by atoms with E-state index in [9.17, 15) is 4.79 Å². The van der Waals surface area contributed by atoms with Gasteiger partial charge in [-0.25, -0.2) is 0 Å². The Morgan fingerprint density at radius 2 is 1.84 bits per heavy atom. The molecule has 102 valence electrons. The van der Waals surface area contributed by atoms with Gasteiger partial charge in [0.15, 0.2) is 0 Å². The van der Waals surface area contributed by atoms with E-state index in [4.69, 9.17) is 11.6 Å². The predicted molar refractivity (Wildman–Crippen MR) is 77.5 cm³/mol. The van der Waals surface area contributed by atoms with Crippen LogP contribution >= 0.6 is 11.6 Å². The first kappa shape index (κ1) is 12.8. The molecular weight excluding hydrogens is 260 g/mol. The maximum absolute atomic E-state index is 12.2. The summed E-state index contributed by atoms with van der Waals surface area (Å²) in [6.07, 6.45) is 1.07. The third kappa shape index (κ3) is 2.57. The van der Waals surface area contributed by atoms with Crippen LogP contribution in [-0.4, -0.2) is 37.0 Å². The van der Waals surface area contributed by atoms with Gasteiger partial charge in [-0.15, -0.1) is 0 Å². The van der Waals surface area contributed by atoms with Gasteiger partial charge in [-0.3, -0.25) is 4.79 Å². The molecule has 3 nitrogen and oxygen atoms in total. The van der Waals surface area contributed by atoms with Crippen LogP contribution in [0.15, 0.2) is 24.3 Å². The van der Waals surface area contributed by atoms with Crippen LogP contribution < -0.4 is 4.90 Å². The van der Waals surface area contributed by atoms with Crippen molar-refractivity contribution in [3.8, 4) is 0 Å². The largest absolute Gasteiger partial charge is 0.367 e. The van der Waals surface area contributed by atoms with Crippen LogP contribution in [0.2, 0.25) is 5.02 Å². The Bertz CT molecular complexity index is 483. The lowest BCUT2D eigenvalue weighted by Crippen LogP contribution is -2.49. The van der Waals surface area contributed by atoms with Crippen molar-refractivity contribution in [2.45, 2.75) is 13.3 Å². The lowest BCUT2D eigenvalue weighted by atomic mass is 10.2. The van der Waals surface area contributed by atoms with E-state index in [1.54, 1.807) is 0 Å². The molecule has 1 aliphatic carbocycles. The molecule has 1 aromatic carbocycles. The van der Waals surface area contributed by atoms with Crippen LogP contribution in [0.3, 0.4) is 0 Å². The van der Waals surface area contributed by atoms with Crippen molar-refractivity contribution in [3.63, 3.8) is 0 Å². The van der Waals surface area contributed by atoms with E-state index in [-0.39, 0.29) is 0 Å². The van der Waals surface area contributed by atoms with E-state index in [2.05, 4.69) is 11.8 Å². The lowest BCUT2D eigenvalue weighted by Gasteiger charge is -2.36. The maximum Gasteiger partial charge on any atom is 0.226 e. The molecule has 0 unspecified atom stereocenters. The van der Waals surface area contributed by atoms with Gasteiger partial charge in [-0.1, -0.05) is 30.7 Å². The van der Waals surface area contributed by atoms with Crippen LogP contribution in [0.5, 0.6) is 0 Å². The fourth-order valence-electron chi connectivity index (χ4n) is 2.78. The molecule has 0 spiro atoms. The fraction of sp³-hybridized carbons (Fsp3) is 0.533. The average Bonchev–Trinajstić information content (AvgIpc) is 3.16. The summed E-state index contributed by atoms with van der Waals surface area (Å²) in [7, 11) is 0. The number of carbonyl (C=O) groups is 1. The van der Waals surface area contributed by atoms with Crippen molar-refractivity contribution >= 4 is 23.2 Å². The first-order valence-corrected chi connectivity index (χ1v) is 7.33. The van der Waals surface area contributed by atoms with Crippen LogP contribution in [0.4, 0.5) is 5.69 Å². The number of halogens is 1. The van der Waals surface area contributed by atoms with Gasteiger partial charge in [0.2, 0.25) is 5.91 Å². The van der Waals surface area contributed by atoms with Gasteiger partial charge < -0.3 is 9.80 Å². The first-order valence-electron chi connectivity index (χ1n) is 6.95. The Morgan fingerprint density at radius 3 is 2.42 bits per heavy atom. The summed E-state index contributed by atoms with van der Waals surface area (Å²) < 4.78 is 0. The zero-order valence-electron chi connectivity index (χ0n) is 11.2. The highest BCUT2D eigenvalue weighted by molar-refractivity contribution is 6.33. The van der Waals surface area contributed by atoms with E-state index in [0.29, 0.717) is 17.7 Å². The summed E-state index contributed by atoms with van der Waals surface area (Å²) in [6.45, 7) is 5.52. The number of para-hydroxylation sites is 1. The average molecular weight is 279 g/mol. The number of amides is 1. The molecule has 3 rings (SSSR count). The van der Waals surface area contributed by atoms with E-state index < -0.39 is 0 Å². The fourth-order valence-corrected chi connectivity index (χ4v) is 3.03. The van der Waals surface area contributed by atoms with Gasteiger partial charge in [-0.2, -0.15) is 0 Å². The lowest BCUT2D eigenvalue weighted by molar-refractivity contribution is -0.133. The highest BCUT2D eigenvalue weighted by atomic mass is 35.5. The summed E-state index contributed by atoms with van der Waals surface area (Å²) in [5.74, 6) is 1.24. The highest BCUT2D eigenvalue weighted by Crippen LogP contribution is 2.39. The summed E-state index contributed by atoms with van der Waals surface area (Å²) in [5.41, 5.74) is 1.08. The third-order valence-corrected chi connectivity index (χ3v) is 4.53. The zero-order chi connectivity index (χ0) is 13.4. The summed E-state index contributed by atoms with van der Waals surface area (Å²) in [4.78, 5) is 16.4. The molecule has 1 saturated carbocycles. The van der Waals surface area contributed by atoms with Crippen molar-refractivity contribution in [1.29, 1.82) is 0 Å². The van der Waals surface area contributed by atoms with Crippen LogP contribution in [-0.2, 0) is 4.79 Å². The zero-order valence-corrected chi connectivity index (χ0v) is 11.9. The van der Waals surface area contributed by atoms with Crippen molar-refractivity contribution in [3.05, 3.63) is 29.3 Å². The third-order valence-electron chi connectivity index (χ3n) is 4.21. The minimum atomic E-state index is 0.298. The van der Waals surface area contributed by atoms with Crippen LogP contribution in [0, 0.1) is 11.8 Å². The van der Waals surface area contributed by atoms with Gasteiger partial charge in [0.1, 0.15) is 0 Å². The molecule has 0 N–H and O–H groups in total. The van der Waals surface area contributed by atoms with Gasteiger partial charge >= 0.3 is 0 Å². The highest BCUT2D eigenvalue weighted by Gasteiger charge is 2.41. The molecule has 2 atom stereocenters. The molecule has 1 amide bonds. The number of piperazine rings is 1. The Balaban J connectivity index is 1.60. The molecule has 0 aromatic heterocycles. The second kappa shape index (κ2) is 5.04. The maximum atomic E-state index is 12.2. The molecular formula is C15H19ClN2O. The minimum absolute atomic E-state index is 0.298. The van der Waals surface area contributed by atoms with E-state index in [0.717, 1.165) is 43.3 Å². The minimum Gasteiger partial charge on any atom is -0.367 e. The van der Waals surface area contributed by atoms with Gasteiger partial charge in [-0.05, 0) is 24.5 Å². The summed E-state index contributed by atoms with van der Waals surface area (Å²) >= 11 is 6.21. The Labute approximate surface area is 119 Å². The van der Waals surface area contributed by atoms with Gasteiger partial charge in [0.25, 0.3) is 0 Å². The standard InChI is InChI=1S/C15H19ClN2O/c1-11-10-12(11)15(19)18-8-6-17(7-9-18)14-5-3-2-4-13(14)16/h2-5,11-12H,6-10H2,1H3/t11-,12-/m0/s1. The van der Waals surface area contributed by atoms with Crippen molar-refractivity contribution in [2.24, 2.45) is 11.8 Å². The number of carbonyl (C=O) groups excluding carboxylic acids is 1.